The minimum absolute atomic E-state index is 0.0495. The molecule has 0 fully saturated rings. The van der Waals surface area contributed by atoms with Gasteiger partial charge in [-0.3, -0.25) is 0 Å². The van der Waals surface area contributed by atoms with Crippen molar-refractivity contribution in [1.82, 2.24) is 9.97 Å². The largest absolute Gasteiger partial charge is 0.340 e. The summed E-state index contributed by atoms with van der Waals surface area (Å²) in [5, 5.41) is 4.04. The van der Waals surface area contributed by atoms with Crippen LogP contribution in [0, 0.1) is 0 Å². The van der Waals surface area contributed by atoms with Gasteiger partial charge in [-0.15, -0.1) is 0 Å². The van der Waals surface area contributed by atoms with Crippen molar-refractivity contribution >= 4 is 29.1 Å². The first kappa shape index (κ1) is 15.6. The van der Waals surface area contributed by atoms with Gasteiger partial charge in [0.15, 0.2) is 5.16 Å². The van der Waals surface area contributed by atoms with E-state index in [1.54, 1.807) is 6.07 Å². The second kappa shape index (κ2) is 6.32. The van der Waals surface area contributed by atoms with Gasteiger partial charge in [0, 0.05) is 11.8 Å². The third kappa shape index (κ3) is 3.86. The van der Waals surface area contributed by atoms with Crippen molar-refractivity contribution in [1.29, 1.82) is 0 Å². The summed E-state index contributed by atoms with van der Waals surface area (Å²) < 4.78 is 0. The molecule has 2 aromatic rings. The lowest BCUT2D eigenvalue weighted by atomic mass is 9.86. The van der Waals surface area contributed by atoms with Gasteiger partial charge in [0.1, 0.15) is 11.6 Å². The molecule has 0 aliphatic carbocycles. The number of benzene rings is 1. The zero-order valence-corrected chi connectivity index (χ0v) is 13.6. The fourth-order valence-corrected chi connectivity index (χ4v) is 2.42. The number of rotatable bonds is 4. The van der Waals surface area contributed by atoms with Crippen molar-refractivity contribution in [2.24, 2.45) is 5.84 Å². The van der Waals surface area contributed by atoms with Crippen molar-refractivity contribution in [2.45, 2.75) is 31.3 Å². The van der Waals surface area contributed by atoms with Crippen LogP contribution in [0.15, 0.2) is 35.5 Å². The summed E-state index contributed by atoms with van der Waals surface area (Å²) in [4.78, 5) is 8.72. The summed E-state index contributed by atoms with van der Waals surface area (Å²) >= 11 is 1.48. The number of thioether (sulfide) groups is 1. The van der Waals surface area contributed by atoms with E-state index in [-0.39, 0.29) is 5.41 Å². The monoisotopic (exact) mass is 303 g/mol. The molecule has 112 valence electrons. The number of aromatic nitrogens is 2. The number of hydrogen-bond donors (Lipinski definition) is 3. The maximum Gasteiger partial charge on any atom is 0.191 e. The molecule has 0 bridgehead atoms. The molecular weight excluding hydrogens is 282 g/mol. The number of hydrazine groups is 1. The fraction of sp³-hybridized carbons (Fsp3) is 0.333. The number of nitrogen functional groups attached to an aromatic ring is 1. The summed E-state index contributed by atoms with van der Waals surface area (Å²) in [6.07, 6.45) is 1.93. The minimum atomic E-state index is 0.0495. The molecule has 4 N–H and O–H groups in total. The third-order valence-electron chi connectivity index (χ3n) is 3.03. The van der Waals surface area contributed by atoms with Crippen molar-refractivity contribution in [2.75, 3.05) is 17.0 Å². The number of anilines is 3. The van der Waals surface area contributed by atoms with Crippen LogP contribution >= 0.6 is 11.8 Å². The smallest absolute Gasteiger partial charge is 0.191 e. The Hall–Kier alpha value is -1.79. The lowest BCUT2D eigenvalue weighted by molar-refractivity contribution is 0.592. The van der Waals surface area contributed by atoms with E-state index in [1.807, 2.05) is 18.4 Å². The fourth-order valence-electron chi connectivity index (χ4n) is 2.04. The van der Waals surface area contributed by atoms with Gasteiger partial charge in [-0.2, -0.15) is 0 Å². The molecular formula is C15H21N5S. The maximum absolute atomic E-state index is 5.46. The average molecular weight is 303 g/mol. The van der Waals surface area contributed by atoms with Crippen LogP contribution in [0.4, 0.5) is 17.3 Å². The Morgan fingerprint density at radius 2 is 1.76 bits per heavy atom. The van der Waals surface area contributed by atoms with E-state index in [4.69, 9.17) is 5.84 Å². The zero-order valence-electron chi connectivity index (χ0n) is 12.8. The number of nitrogens with zero attached hydrogens (tertiary/aromatic N) is 2. The second-order valence-corrected chi connectivity index (χ2v) is 6.46. The molecule has 21 heavy (non-hydrogen) atoms. The van der Waals surface area contributed by atoms with E-state index in [0.717, 1.165) is 11.5 Å². The second-order valence-electron chi connectivity index (χ2n) is 5.69. The van der Waals surface area contributed by atoms with Crippen molar-refractivity contribution in [3.05, 3.63) is 35.9 Å². The van der Waals surface area contributed by atoms with Crippen LogP contribution in [-0.4, -0.2) is 16.2 Å². The van der Waals surface area contributed by atoms with Crippen LogP contribution < -0.4 is 16.6 Å². The number of hydrogen-bond acceptors (Lipinski definition) is 6. The average Bonchev–Trinajstić information content (AvgIpc) is 2.46. The first-order valence-electron chi connectivity index (χ1n) is 6.70. The van der Waals surface area contributed by atoms with Crippen LogP contribution in [0.1, 0.15) is 26.3 Å². The van der Waals surface area contributed by atoms with E-state index in [0.29, 0.717) is 11.0 Å². The molecule has 0 unspecified atom stereocenters. The van der Waals surface area contributed by atoms with Crippen LogP contribution in [0.5, 0.6) is 0 Å². The normalized spacial score (nSPS) is 11.3. The molecule has 0 saturated heterocycles. The Morgan fingerprint density at radius 3 is 2.38 bits per heavy atom. The summed E-state index contributed by atoms with van der Waals surface area (Å²) in [7, 11) is 0. The van der Waals surface area contributed by atoms with Gasteiger partial charge >= 0.3 is 0 Å². The van der Waals surface area contributed by atoms with E-state index in [2.05, 4.69) is 53.6 Å². The molecule has 0 saturated carbocycles. The van der Waals surface area contributed by atoms with E-state index >= 15 is 0 Å². The Labute approximate surface area is 129 Å². The molecule has 0 radical (unpaired) electrons. The predicted octanol–water partition coefficient (Wildman–Crippen LogP) is 3.53. The van der Waals surface area contributed by atoms with Gasteiger partial charge in [0.05, 0.1) is 0 Å². The van der Waals surface area contributed by atoms with E-state index < -0.39 is 0 Å². The number of nitrogens with two attached hydrogens (primary N) is 1. The SMILES string of the molecule is CSc1nc(NN)cc(Nc2ccccc2C(C)(C)C)n1. The predicted molar refractivity (Wildman–Crippen MR) is 90.0 cm³/mol. The van der Waals surface area contributed by atoms with Crippen molar-refractivity contribution < 1.29 is 0 Å². The molecule has 0 spiro atoms. The van der Waals surface area contributed by atoms with Gasteiger partial charge in [0.25, 0.3) is 0 Å². The molecule has 1 aromatic carbocycles. The first-order valence-corrected chi connectivity index (χ1v) is 7.92. The highest BCUT2D eigenvalue weighted by molar-refractivity contribution is 7.98. The quantitative estimate of drug-likeness (QED) is 0.347. The lowest BCUT2D eigenvalue weighted by Gasteiger charge is -2.23. The molecule has 1 heterocycles. The summed E-state index contributed by atoms with van der Waals surface area (Å²) in [6, 6.07) is 10.0. The van der Waals surface area contributed by atoms with Gasteiger partial charge in [-0.1, -0.05) is 50.7 Å². The molecule has 0 aliphatic heterocycles. The molecule has 1 aromatic heterocycles. The van der Waals surface area contributed by atoms with E-state index in [1.165, 1.54) is 17.3 Å². The molecule has 0 atom stereocenters. The Bertz CT molecular complexity index is 599. The zero-order chi connectivity index (χ0) is 15.5. The van der Waals surface area contributed by atoms with Gasteiger partial charge in [0.2, 0.25) is 0 Å². The molecule has 6 heteroatoms. The lowest BCUT2D eigenvalue weighted by Crippen LogP contribution is -2.14. The van der Waals surface area contributed by atoms with Crippen LogP contribution in [0.25, 0.3) is 0 Å². The van der Waals surface area contributed by atoms with Crippen molar-refractivity contribution in [3.8, 4) is 0 Å². The van der Waals surface area contributed by atoms with Crippen LogP contribution in [-0.2, 0) is 5.41 Å². The highest BCUT2D eigenvalue weighted by atomic mass is 32.2. The number of nitrogens with one attached hydrogen (secondary N) is 2. The summed E-state index contributed by atoms with van der Waals surface area (Å²) in [5.41, 5.74) is 4.89. The minimum Gasteiger partial charge on any atom is -0.340 e. The number of para-hydroxylation sites is 1. The topological polar surface area (TPSA) is 75.9 Å². The summed E-state index contributed by atoms with van der Waals surface area (Å²) in [5.74, 6) is 6.77. The summed E-state index contributed by atoms with van der Waals surface area (Å²) in [6.45, 7) is 6.56. The van der Waals surface area contributed by atoms with Crippen LogP contribution in [0.2, 0.25) is 0 Å². The Kier molecular flexibility index (Phi) is 4.69. The highest BCUT2D eigenvalue weighted by Crippen LogP contribution is 2.31. The Morgan fingerprint density at radius 1 is 1.10 bits per heavy atom. The molecule has 0 aliphatic rings. The van der Waals surface area contributed by atoms with Gasteiger partial charge in [-0.25, -0.2) is 15.8 Å². The van der Waals surface area contributed by atoms with Crippen molar-refractivity contribution in [3.63, 3.8) is 0 Å². The standard InChI is InChI=1S/C15H21N5S/c1-15(2,3)10-7-5-6-8-11(10)17-12-9-13(20-16)19-14(18-12)21-4/h5-9H,16H2,1-4H3,(H2,17,18,19,20). The van der Waals surface area contributed by atoms with Gasteiger partial charge in [-0.05, 0) is 23.3 Å². The first-order chi connectivity index (χ1) is 9.94. The third-order valence-corrected chi connectivity index (χ3v) is 3.58. The molecule has 2 rings (SSSR count). The van der Waals surface area contributed by atoms with Gasteiger partial charge < -0.3 is 10.7 Å². The van der Waals surface area contributed by atoms with Crippen LogP contribution in [0.3, 0.4) is 0 Å². The molecule has 5 nitrogen and oxygen atoms in total. The highest BCUT2D eigenvalue weighted by Gasteiger charge is 2.17. The maximum atomic E-state index is 5.46. The van der Waals surface area contributed by atoms with E-state index in [9.17, 15) is 0 Å². The Balaban J connectivity index is 2.39. The molecule has 0 amide bonds.